The predicted octanol–water partition coefficient (Wildman–Crippen LogP) is 2.50. The van der Waals surface area contributed by atoms with Crippen molar-refractivity contribution in [3.8, 4) is 5.75 Å². The number of hydrogen-bond acceptors (Lipinski definition) is 6. The van der Waals surface area contributed by atoms with Crippen LogP contribution >= 0.6 is 0 Å². The van der Waals surface area contributed by atoms with E-state index in [4.69, 9.17) is 14.2 Å². The SMILES string of the molecule is COC(=O)Cc1ccc(C(=O)Nc2ccccc2N2CCOCC2)cc1OC. The van der Waals surface area contributed by atoms with E-state index < -0.39 is 0 Å². The number of nitrogens with one attached hydrogen (secondary N) is 1. The second-order valence-electron chi connectivity index (χ2n) is 6.35. The van der Waals surface area contributed by atoms with E-state index in [0.717, 1.165) is 24.5 Å². The number of amides is 1. The fourth-order valence-electron chi connectivity index (χ4n) is 3.11. The maximum absolute atomic E-state index is 12.8. The van der Waals surface area contributed by atoms with Gasteiger partial charge in [-0.15, -0.1) is 0 Å². The molecule has 1 heterocycles. The summed E-state index contributed by atoms with van der Waals surface area (Å²) in [6.07, 6.45) is 0.0848. The molecule has 0 radical (unpaired) electrons. The van der Waals surface area contributed by atoms with E-state index in [1.165, 1.54) is 14.2 Å². The molecule has 148 valence electrons. The Morgan fingerprint density at radius 2 is 1.86 bits per heavy atom. The van der Waals surface area contributed by atoms with Crippen LogP contribution in [0.2, 0.25) is 0 Å². The van der Waals surface area contributed by atoms with Crippen LogP contribution in [0.1, 0.15) is 15.9 Å². The van der Waals surface area contributed by atoms with Gasteiger partial charge in [0.1, 0.15) is 5.75 Å². The Kier molecular flexibility index (Phi) is 6.49. The number of nitrogens with zero attached hydrogens (tertiary/aromatic N) is 1. The van der Waals surface area contributed by atoms with Crippen LogP contribution in [0, 0.1) is 0 Å². The molecule has 1 aliphatic heterocycles. The summed E-state index contributed by atoms with van der Waals surface area (Å²) in [6, 6.07) is 12.7. The van der Waals surface area contributed by atoms with E-state index >= 15 is 0 Å². The zero-order chi connectivity index (χ0) is 19.9. The second-order valence-corrected chi connectivity index (χ2v) is 6.35. The molecule has 2 aromatic carbocycles. The fraction of sp³-hybridized carbons (Fsp3) is 0.333. The number of anilines is 2. The summed E-state index contributed by atoms with van der Waals surface area (Å²) >= 11 is 0. The molecule has 1 fully saturated rings. The lowest BCUT2D eigenvalue weighted by Crippen LogP contribution is -2.36. The zero-order valence-electron chi connectivity index (χ0n) is 16.1. The van der Waals surface area contributed by atoms with Gasteiger partial charge in [0, 0.05) is 24.2 Å². The van der Waals surface area contributed by atoms with Crippen molar-refractivity contribution in [2.45, 2.75) is 6.42 Å². The van der Waals surface area contributed by atoms with Gasteiger partial charge in [-0.05, 0) is 24.3 Å². The average molecular weight is 384 g/mol. The molecule has 0 aliphatic carbocycles. The molecule has 0 unspecified atom stereocenters. The predicted molar refractivity (Wildman–Crippen MR) is 106 cm³/mol. The molecule has 0 saturated carbocycles. The summed E-state index contributed by atoms with van der Waals surface area (Å²) in [5.74, 6) is -0.141. The van der Waals surface area contributed by atoms with Gasteiger partial charge < -0.3 is 24.4 Å². The van der Waals surface area contributed by atoms with Gasteiger partial charge in [0.25, 0.3) is 5.91 Å². The first kappa shape index (κ1) is 19.7. The standard InChI is InChI=1S/C21H24N2O5/c1-26-19-13-16(8-7-15(19)14-20(24)27-2)21(25)22-17-5-3-4-6-18(17)23-9-11-28-12-10-23/h3-8,13H,9-12,14H2,1-2H3,(H,22,25). The molecule has 28 heavy (non-hydrogen) atoms. The molecule has 0 aromatic heterocycles. The molecule has 3 rings (SSSR count). The Labute approximate surface area is 164 Å². The summed E-state index contributed by atoms with van der Waals surface area (Å²) in [7, 11) is 2.84. The van der Waals surface area contributed by atoms with E-state index in [2.05, 4.69) is 10.2 Å². The molecular weight excluding hydrogens is 360 g/mol. The summed E-state index contributed by atoms with van der Waals surface area (Å²) in [5.41, 5.74) is 2.82. The smallest absolute Gasteiger partial charge is 0.310 e. The highest BCUT2D eigenvalue weighted by atomic mass is 16.5. The van der Waals surface area contributed by atoms with E-state index in [1.807, 2.05) is 24.3 Å². The number of carbonyl (C=O) groups excluding carboxylic acids is 2. The van der Waals surface area contributed by atoms with Crippen molar-refractivity contribution in [2.24, 2.45) is 0 Å². The maximum atomic E-state index is 12.8. The van der Waals surface area contributed by atoms with Crippen LogP contribution in [-0.4, -0.2) is 52.4 Å². The summed E-state index contributed by atoms with van der Waals surface area (Å²) in [4.78, 5) is 26.5. The normalized spacial score (nSPS) is 13.7. The minimum atomic E-state index is -0.366. The lowest BCUT2D eigenvalue weighted by molar-refractivity contribution is -0.139. The second kappa shape index (κ2) is 9.23. The Balaban J connectivity index is 1.79. The number of hydrogen-bond donors (Lipinski definition) is 1. The Bertz CT molecular complexity index is 846. The van der Waals surface area contributed by atoms with Crippen molar-refractivity contribution in [3.05, 3.63) is 53.6 Å². The average Bonchev–Trinajstić information content (AvgIpc) is 2.74. The molecule has 7 heteroatoms. The number of morpholine rings is 1. The van der Waals surface area contributed by atoms with Crippen molar-refractivity contribution < 1.29 is 23.8 Å². The first-order valence-electron chi connectivity index (χ1n) is 9.09. The molecule has 0 spiro atoms. The number of rotatable bonds is 6. The minimum Gasteiger partial charge on any atom is -0.496 e. The van der Waals surface area contributed by atoms with E-state index in [0.29, 0.717) is 30.1 Å². The van der Waals surface area contributed by atoms with Gasteiger partial charge in [0.15, 0.2) is 0 Å². The first-order chi connectivity index (χ1) is 13.6. The Hall–Kier alpha value is -3.06. The van der Waals surface area contributed by atoms with Gasteiger partial charge in [-0.25, -0.2) is 0 Å². The lowest BCUT2D eigenvalue weighted by atomic mass is 10.1. The summed E-state index contributed by atoms with van der Waals surface area (Å²) in [6.45, 7) is 2.90. The quantitative estimate of drug-likeness (QED) is 0.771. The molecule has 0 bridgehead atoms. The zero-order valence-corrected chi connectivity index (χ0v) is 16.1. The van der Waals surface area contributed by atoms with Gasteiger partial charge >= 0.3 is 5.97 Å². The van der Waals surface area contributed by atoms with Crippen molar-refractivity contribution in [3.63, 3.8) is 0 Å². The first-order valence-corrected chi connectivity index (χ1v) is 9.09. The molecule has 1 N–H and O–H groups in total. The Morgan fingerprint density at radius 3 is 2.57 bits per heavy atom. The largest absolute Gasteiger partial charge is 0.496 e. The number of benzene rings is 2. The van der Waals surface area contributed by atoms with Gasteiger partial charge in [0.2, 0.25) is 0 Å². The molecule has 1 amide bonds. The van der Waals surface area contributed by atoms with Crippen LogP contribution in [0.25, 0.3) is 0 Å². The van der Waals surface area contributed by atoms with Crippen LogP contribution in [0.4, 0.5) is 11.4 Å². The van der Waals surface area contributed by atoms with Crippen LogP contribution in [0.15, 0.2) is 42.5 Å². The van der Waals surface area contributed by atoms with Crippen molar-refractivity contribution >= 4 is 23.3 Å². The van der Waals surface area contributed by atoms with Crippen LogP contribution < -0.4 is 15.0 Å². The summed E-state index contributed by atoms with van der Waals surface area (Å²) in [5, 5.41) is 2.98. The summed E-state index contributed by atoms with van der Waals surface area (Å²) < 4.78 is 15.4. The number of methoxy groups -OCH3 is 2. The molecule has 0 atom stereocenters. The molecule has 1 aliphatic rings. The highest BCUT2D eigenvalue weighted by Crippen LogP contribution is 2.28. The minimum absolute atomic E-state index is 0.0848. The van der Waals surface area contributed by atoms with Gasteiger partial charge in [-0.2, -0.15) is 0 Å². The van der Waals surface area contributed by atoms with E-state index in [1.54, 1.807) is 18.2 Å². The Morgan fingerprint density at radius 1 is 1.11 bits per heavy atom. The van der Waals surface area contributed by atoms with Gasteiger partial charge in [-0.1, -0.05) is 18.2 Å². The monoisotopic (exact) mass is 384 g/mol. The third-order valence-electron chi connectivity index (χ3n) is 4.62. The number of para-hydroxylation sites is 2. The van der Waals surface area contributed by atoms with Gasteiger partial charge in [-0.3, -0.25) is 9.59 Å². The number of carbonyl (C=O) groups is 2. The van der Waals surface area contributed by atoms with Crippen molar-refractivity contribution in [2.75, 3.05) is 50.7 Å². The van der Waals surface area contributed by atoms with Crippen molar-refractivity contribution in [1.29, 1.82) is 0 Å². The molecule has 7 nitrogen and oxygen atoms in total. The molecule has 2 aromatic rings. The lowest BCUT2D eigenvalue weighted by Gasteiger charge is -2.30. The molecule has 1 saturated heterocycles. The highest BCUT2D eigenvalue weighted by molar-refractivity contribution is 6.06. The topological polar surface area (TPSA) is 77.1 Å². The fourth-order valence-corrected chi connectivity index (χ4v) is 3.11. The number of ether oxygens (including phenoxy) is 3. The molecular formula is C21H24N2O5. The highest BCUT2D eigenvalue weighted by Gasteiger charge is 2.17. The number of esters is 1. The third kappa shape index (κ3) is 4.61. The maximum Gasteiger partial charge on any atom is 0.310 e. The van der Waals surface area contributed by atoms with E-state index in [-0.39, 0.29) is 18.3 Å². The van der Waals surface area contributed by atoms with Gasteiger partial charge in [0.05, 0.1) is 45.2 Å². The van der Waals surface area contributed by atoms with Crippen molar-refractivity contribution in [1.82, 2.24) is 0 Å². The van der Waals surface area contributed by atoms with Crippen LogP contribution in [0.5, 0.6) is 5.75 Å². The van der Waals surface area contributed by atoms with Crippen LogP contribution in [-0.2, 0) is 20.7 Å². The van der Waals surface area contributed by atoms with Crippen LogP contribution in [0.3, 0.4) is 0 Å². The van der Waals surface area contributed by atoms with E-state index in [9.17, 15) is 9.59 Å². The third-order valence-corrected chi connectivity index (χ3v) is 4.62.